The van der Waals surface area contributed by atoms with Gasteiger partial charge >= 0.3 is 0 Å². The van der Waals surface area contributed by atoms with Gasteiger partial charge in [0, 0.05) is 30.6 Å². The van der Waals surface area contributed by atoms with Crippen LogP contribution in [0.25, 0.3) is 11.4 Å². The number of hydrogen-bond donors (Lipinski definition) is 2. The second-order valence-corrected chi connectivity index (χ2v) is 3.20. The molecule has 4 heteroatoms. The van der Waals surface area contributed by atoms with Gasteiger partial charge in [-0.2, -0.15) is 0 Å². The smallest absolute Gasteiger partial charge is 0.221 e. The SMILES string of the molecule is CC(=O)Nc1cccc(-c2ncc[nH]2)c1. The Bertz CT molecular complexity index is 462. The zero-order valence-electron chi connectivity index (χ0n) is 8.32. The number of carbonyl (C=O) groups is 1. The minimum Gasteiger partial charge on any atom is -0.345 e. The molecule has 2 rings (SSSR count). The second kappa shape index (κ2) is 3.96. The van der Waals surface area contributed by atoms with E-state index in [9.17, 15) is 4.79 Å². The molecule has 4 nitrogen and oxygen atoms in total. The molecular formula is C11H11N3O. The summed E-state index contributed by atoms with van der Waals surface area (Å²) in [6.07, 6.45) is 3.46. The molecule has 2 aromatic rings. The predicted octanol–water partition coefficient (Wildman–Crippen LogP) is 2.04. The summed E-state index contributed by atoms with van der Waals surface area (Å²) in [6, 6.07) is 7.53. The van der Waals surface area contributed by atoms with E-state index in [-0.39, 0.29) is 5.91 Å². The van der Waals surface area contributed by atoms with E-state index < -0.39 is 0 Å². The van der Waals surface area contributed by atoms with Crippen LogP contribution >= 0.6 is 0 Å². The van der Waals surface area contributed by atoms with Gasteiger partial charge in [0.15, 0.2) is 0 Å². The number of benzene rings is 1. The topological polar surface area (TPSA) is 57.8 Å². The first-order chi connectivity index (χ1) is 7.25. The molecule has 1 aromatic carbocycles. The minimum atomic E-state index is -0.0772. The van der Waals surface area contributed by atoms with Crippen LogP contribution in [0.3, 0.4) is 0 Å². The fourth-order valence-electron chi connectivity index (χ4n) is 1.37. The molecule has 1 aromatic heterocycles. The summed E-state index contributed by atoms with van der Waals surface area (Å²) in [5, 5.41) is 2.73. The average Bonchev–Trinajstić information content (AvgIpc) is 2.69. The van der Waals surface area contributed by atoms with Crippen molar-refractivity contribution in [2.75, 3.05) is 5.32 Å². The summed E-state index contributed by atoms with van der Waals surface area (Å²) >= 11 is 0. The van der Waals surface area contributed by atoms with Crippen LogP contribution in [-0.4, -0.2) is 15.9 Å². The van der Waals surface area contributed by atoms with Crippen LogP contribution in [0.5, 0.6) is 0 Å². The van der Waals surface area contributed by atoms with Gasteiger partial charge < -0.3 is 10.3 Å². The lowest BCUT2D eigenvalue weighted by atomic mass is 10.2. The van der Waals surface area contributed by atoms with Crippen molar-refractivity contribution in [2.45, 2.75) is 6.92 Å². The van der Waals surface area contributed by atoms with Gasteiger partial charge in [0.05, 0.1) is 0 Å². The Hall–Kier alpha value is -2.10. The molecule has 15 heavy (non-hydrogen) atoms. The quantitative estimate of drug-likeness (QED) is 0.781. The third kappa shape index (κ3) is 2.22. The zero-order valence-corrected chi connectivity index (χ0v) is 8.32. The first-order valence-corrected chi connectivity index (χ1v) is 4.63. The molecule has 1 amide bonds. The first kappa shape index (κ1) is 9.45. The van der Waals surface area contributed by atoms with Crippen LogP contribution in [0.1, 0.15) is 6.92 Å². The van der Waals surface area contributed by atoms with Gasteiger partial charge in [-0.05, 0) is 12.1 Å². The molecule has 1 heterocycles. The van der Waals surface area contributed by atoms with E-state index in [0.29, 0.717) is 0 Å². The maximum atomic E-state index is 10.9. The molecule has 76 valence electrons. The van der Waals surface area contributed by atoms with Crippen molar-refractivity contribution >= 4 is 11.6 Å². The maximum Gasteiger partial charge on any atom is 0.221 e. The molecule has 0 atom stereocenters. The van der Waals surface area contributed by atoms with Gasteiger partial charge in [-0.1, -0.05) is 12.1 Å². The fraction of sp³-hybridized carbons (Fsp3) is 0.0909. The molecule has 0 fully saturated rings. The maximum absolute atomic E-state index is 10.9. The lowest BCUT2D eigenvalue weighted by Gasteiger charge is -2.03. The summed E-state index contributed by atoms with van der Waals surface area (Å²) in [7, 11) is 0. The van der Waals surface area contributed by atoms with Crippen LogP contribution in [0, 0.1) is 0 Å². The Morgan fingerprint density at radius 3 is 3.00 bits per heavy atom. The lowest BCUT2D eigenvalue weighted by Crippen LogP contribution is -2.05. The van der Waals surface area contributed by atoms with Gasteiger partial charge in [-0.15, -0.1) is 0 Å². The molecule has 2 N–H and O–H groups in total. The molecule has 0 saturated carbocycles. The van der Waals surface area contributed by atoms with Crippen molar-refractivity contribution in [1.29, 1.82) is 0 Å². The standard InChI is InChI=1S/C11H11N3O/c1-8(15)14-10-4-2-3-9(7-10)11-12-5-6-13-11/h2-7H,1H3,(H,12,13)(H,14,15). The normalized spacial score (nSPS) is 9.93. The van der Waals surface area contributed by atoms with E-state index in [1.54, 1.807) is 12.4 Å². The van der Waals surface area contributed by atoms with Crippen LogP contribution in [0.4, 0.5) is 5.69 Å². The zero-order chi connectivity index (χ0) is 10.7. The highest BCUT2D eigenvalue weighted by Crippen LogP contribution is 2.18. The van der Waals surface area contributed by atoms with Gasteiger partial charge in [-0.25, -0.2) is 4.98 Å². The Morgan fingerprint density at radius 2 is 2.33 bits per heavy atom. The van der Waals surface area contributed by atoms with Crippen molar-refractivity contribution in [2.24, 2.45) is 0 Å². The third-order valence-corrected chi connectivity index (χ3v) is 1.95. The highest BCUT2D eigenvalue weighted by Gasteiger charge is 2.01. The summed E-state index contributed by atoms with van der Waals surface area (Å²) < 4.78 is 0. The number of H-pyrrole nitrogens is 1. The molecule has 0 bridgehead atoms. The summed E-state index contributed by atoms with van der Waals surface area (Å²) in [4.78, 5) is 18.0. The monoisotopic (exact) mass is 201 g/mol. The van der Waals surface area contributed by atoms with Crippen LogP contribution < -0.4 is 5.32 Å². The van der Waals surface area contributed by atoms with Crippen LogP contribution in [0.2, 0.25) is 0 Å². The number of carbonyl (C=O) groups excluding carboxylic acids is 1. The Labute approximate surface area is 87.4 Å². The largest absolute Gasteiger partial charge is 0.345 e. The van der Waals surface area contributed by atoms with Crippen LogP contribution in [0.15, 0.2) is 36.7 Å². The van der Waals surface area contributed by atoms with Crippen molar-refractivity contribution in [3.63, 3.8) is 0 Å². The number of amides is 1. The molecule has 0 aliphatic carbocycles. The first-order valence-electron chi connectivity index (χ1n) is 4.63. The van der Waals surface area contributed by atoms with E-state index in [0.717, 1.165) is 17.1 Å². The highest BCUT2D eigenvalue weighted by atomic mass is 16.1. The van der Waals surface area contributed by atoms with Crippen LogP contribution in [-0.2, 0) is 4.79 Å². The number of imidazole rings is 1. The van der Waals surface area contributed by atoms with Gasteiger partial charge in [0.1, 0.15) is 5.82 Å². The molecule has 0 spiro atoms. The summed E-state index contributed by atoms with van der Waals surface area (Å²) in [6.45, 7) is 1.49. The number of aromatic amines is 1. The molecule has 0 unspecified atom stereocenters. The average molecular weight is 201 g/mol. The van der Waals surface area contributed by atoms with Crippen molar-refractivity contribution in [3.05, 3.63) is 36.7 Å². The van der Waals surface area contributed by atoms with E-state index in [1.165, 1.54) is 6.92 Å². The minimum absolute atomic E-state index is 0.0772. The number of anilines is 1. The van der Waals surface area contributed by atoms with E-state index in [1.807, 2.05) is 24.3 Å². The Morgan fingerprint density at radius 1 is 1.47 bits per heavy atom. The van der Waals surface area contributed by atoms with E-state index in [4.69, 9.17) is 0 Å². The van der Waals surface area contributed by atoms with Crippen molar-refractivity contribution in [3.8, 4) is 11.4 Å². The molecular weight excluding hydrogens is 190 g/mol. The number of hydrogen-bond acceptors (Lipinski definition) is 2. The number of aromatic nitrogens is 2. The number of nitrogens with one attached hydrogen (secondary N) is 2. The van der Waals surface area contributed by atoms with E-state index >= 15 is 0 Å². The van der Waals surface area contributed by atoms with E-state index in [2.05, 4.69) is 15.3 Å². The van der Waals surface area contributed by atoms with Crippen molar-refractivity contribution in [1.82, 2.24) is 9.97 Å². The molecule has 0 radical (unpaired) electrons. The van der Waals surface area contributed by atoms with Gasteiger partial charge in [0.2, 0.25) is 5.91 Å². The van der Waals surface area contributed by atoms with Crippen molar-refractivity contribution < 1.29 is 4.79 Å². The number of rotatable bonds is 2. The summed E-state index contributed by atoms with van der Waals surface area (Å²) in [5.74, 6) is 0.716. The highest BCUT2D eigenvalue weighted by molar-refractivity contribution is 5.89. The molecule has 0 saturated heterocycles. The second-order valence-electron chi connectivity index (χ2n) is 3.20. The molecule has 0 aliphatic rings. The lowest BCUT2D eigenvalue weighted by molar-refractivity contribution is -0.114. The Kier molecular flexibility index (Phi) is 2.49. The Balaban J connectivity index is 2.31. The fourth-order valence-corrected chi connectivity index (χ4v) is 1.37. The predicted molar refractivity (Wildman–Crippen MR) is 58.3 cm³/mol. The van der Waals surface area contributed by atoms with Gasteiger partial charge in [0.25, 0.3) is 0 Å². The number of nitrogens with zero attached hydrogens (tertiary/aromatic N) is 1. The molecule has 0 aliphatic heterocycles. The van der Waals surface area contributed by atoms with Gasteiger partial charge in [-0.3, -0.25) is 4.79 Å². The third-order valence-electron chi connectivity index (χ3n) is 1.95. The summed E-state index contributed by atoms with van der Waals surface area (Å²) in [5.41, 5.74) is 1.72.